The summed E-state index contributed by atoms with van der Waals surface area (Å²) >= 11 is 0. The fourth-order valence-corrected chi connectivity index (χ4v) is 6.35. The van der Waals surface area contributed by atoms with Gasteiger partial charge in [0.25, 0.3) is 0 Å². The molecule has 3 nitrogen and oxygen atoms in total. The van der Waals surface area contributed by atoms with E-state index in [0.29, 0.717) is 13.0 Å². The van der Waals surface area contributed by atoms with Crippen molar-refractivity contribution in [2.75, 3.05) is 26.2 Å². The number of hydrogen-bond acceptors (Lipinski definition) is 3. The third kappa shape index (κ3) is 9.05. The molecule has 4 rings (SSSR count). The monoisotopic (exact) mass is 475 g/mol. The lowest BCUT2D eigenvalue weighted by Gasteiger charge is -2.25. The van der Waals surface area contributed by atoms with Gasteiger partial charge in [-0.25, -0.2) is 0 Å². The summed E-state index contributed by atoms with van der Waals surface area (Å²) in [4.78, 5) is 13.6. The summed E-state index contributed by atoms with van der Waals surface area (Å²) in [5.74, 6) is -0.0335. The van der Waals surface area contributed by atoms with Crippen molar-refractivity contribution in [1.29, 1.82) is 0 Å². The molecule has 4 heteroatoms. The van der Waals surface area contributed by atoms with Gasteiger partial charge in [0.15, 0.2) is 0 Å². The molecule has 0 aliphatic carbocycles. The average Bonchev–Trinajstić information content (AvgIpc) is 2.91. The standard InChI is InChI=1S/C18H15P.C12H23NO2/c1-4-10-16(11-5-1)19(17-12-6-2-7-13-17)18-14-8-3-9-15-18;1-2-3-7-12(14)15-11-10-13-8-5-4-6-9-13/h1-15H;2-11H2,1H3. The number of rotatable bonds is 9. The molecule has 1 heterocycles. The van der Waals surface area contributed by atoms with Gasteiger partial charge in [0.1, 0.15) is 6.61 Å². The van der Waals surface area contributed by atoms with Crippen LogP contribution in [0.4, 0.5) is 0 Å². The Morgan fingerprint density at radius 3 is 1.68 bits per heavy atom. The molecule has 180 valence electrons. The number of benzene rings is 3. The molecule has 0 amide bonds. The Balaban J connectivity index is 0.000000197. The predicted octanol–water partition coefficient (Wildman–Crippen LogP) is 5.65. The van der Waals surface area contributed by atoms with E-state index in [2.05, 4.69) is 103 Å². The Morgan fingerprint density at radius 2 is 1.24 bits per heavy atom. The number of esters is 1. The summed E-state index contributed by atoms with van der Waals surface area (Å²) < 4.78 is 5.17. The Kier molecular flexibility index (Phi) is 11.9. The lowest BCUT2D eigenvalue weighted by atomic mass is 10.1. The van der Waals surface area contributed by atoms with Crippen LogP contribution in [0.3, 0.4) is 0 Å². The zero-order chi connectivity index (χ0) is 23.8. The number of unbranched alkanes of at least 4 members (excludes halogenated alkanes) is 1. The lowest BCUT2D eigenvalue weighted by Crippen LogP contribution is -2.33. The van der Waals surface area contributed by atoms with Crippen molar-refractivity contribution in [2.24, 2.45) is 0 Å². The van der Waals surface area contributed by atoms with Gasteiger partial charge in [-0.3, -0.25) is 9.69 Å². The van der Waals surface area contributed by atoms with E-state index < -0.39 is 7.92 Å². The summed E-state index contributed by atoms with van der Waals surface area (Å²) in [5.41, 5.74) is 0. The Labute approximate surface area is 206 Å². The van der Waals surface area contributed by atoms with Crippen LogP contribution in [0.5, 0.6) is 0 Å². The first-order chi connectivity index (χ1) is 16.8. The van der Waals surface area contributed by atoms with Crippen molar-refractivity contribution >= 4 is 29.8 Å². The molecule has 1 saturated heterocycles. The van der Waals surface area contributed by atoms with E-state index in [1.165, 1.54) is 48.3 Å². The number of nitrogens with zero attached hydrogens (tertiary/aromatic N) is 1. The minimum Gasteiger partial charge on any atom is -0.464 e. The number of carbonyl (C=O) groups excluding carboxylic acids is 1. The van der Waals surface area contributed by atoms with Crippen molar-refractivity contribution in [3.05, 3.63) is 91.0 Å². The van der Waals surface area contributed by atoms with Gasteiger partial charge >= 0.3 is 5.97 Å². The largest absolute Gasteiger partial charge is 0.464 e. The third-order valence-electron chi connectivity index (χ3n) is 5.90. The number of carbonyl (C=O) groups is 1. The van der Waals surface area contributed by atoms with Crippen LogP contribution in [-0.2, 0) is 9.53 Å². The summed E-state index contributed by atoms with van der Waals surface area (Å²) in [6.07, 6.45) is 6.53. The second kappa shape index (κ2) is 15.4. The van der Waals surface area contributed by atoms with Crippen LogP contribution in [0.2, 0.25) is 0 Å². The van der Waals surface area contributed by atoms with Crippen molar-refractivity contribution in [3.8, 4) is 0 Å². The minimum atomic E-state index is -0.446. The van der Waals surface area contributed by atoms with E-state index in [4.69, 9.17) is 4.74 Å². The fraction of sp³-hybridized carbons (Fsp3) is 0.367. The van der Waals surface area contributed by atoms with Gasteiger partial charge in [-0.2, -0.15) is 0 Å². The van der Waals surface area contributed by atoms with E-state index in [9.17, 15) is 4.79 Å². The van der Waals surface area contributed by atoms with Crippen LogP contribution >= 0.6 is 7.92 Å². The first kappa shape index (κ1) is 26.1. The highest BCUT2D eigenvalue weighted by molar-refractivity contribution is 7.79. The van der Waals surface area contributed by atoms with Gasteiger partial charge in [0.05, 0.1) is 0 Å². The summed E-state index contributed by atoms with van der Waals surface area (Å²) in [5, 5.41) is 4.19. The van der Waals surface area contributed by atoms with Gasteiger partial charge in [-0.15, -0.1) is 0 Å². The highest BCUT2D eigenvalue weighted by Gasteiger charge is 2.15. The first-order valence-corrected chi connectivity index (χ1v) is 14.0. The molecule has 0 saturated carbocycles. The topological polar surface area (TPSA) is 29.5 Å². The van der Waals surface area contributed by atoms with E-state index in [1.54, 1.807) is 0 Å². The maximum Gasteiger partial charge on any atom is 0.305 e. The normalized spacial score (nSPS) is 13.7. The van der Waals surface area contributed by atoms with Crippen molar-refractivity contribution in [2.45, 2.75) is 45.4 Å². The van der Waals surface area contributed by atoms with Crippen LogP contribution in [0.15, 0.2) is 91.0 Å². The quantitative estimate of drug-likeness (QED) is 0.296. The van der Waals surface area contributed by atoms with E-state index >= 15 is 0 Å². The summed E-state index contributed by atoms with van der Waals surface area (Å²) in [6.45, 7) is 5.92. The molecule has 0 radical (unpaired) electrons. The van der Waals surface area contributed by atoms with Crippen LogP contribution in [0.1, 0.15) is 45.4 Å². The summed E-state index contributed by atoms with van der Waals surface area (Å²) in [6, 6.07) is 32.3. The van der Waals surface area contributed by atoms with Crippen LogP contribution < -0.4 is 15.9 Å². The molecule has 0 bridgehead atoms. The molecule has 0 atom stereocenters. The van der Waals surface area contributed by atoms with Gasteiger partial charge in [0.2, 0.25) is 0 Å². The molecule has 1 fully saturated rings. The Bertz CT molecular complexity index is 834. The fourth-order valence-electron chi connectivity index (χ4n) is 4.04. The van der Waals surface area contributed by atoms with E-state index in [0.717, 1.165) is 19.4 Å². The van der Waals surface area contributed by atoms with E-state index in [-0.39, 0.29) is 5.97 Å². The smallest absolute Gasteiger partial charge is 0.305 e. The lowest BCUT2D eigenvalue weighted by molar-refractivity contribution is -0.144. The first-order valence-electron chi connectivity index (χ1n) is 12.6. The van der Waals surface area contributed by atoms with E-state index in [1.807, 2.05) is 0 Å². The Morgan fingerprint density at radius 1 is 0.765 bits per heavy atom. The molecule has 0 unspecified atom stereocenters. The molecule has 34 heavy (non-hydrogen) atoms. The van der Waals surface area contributed by atoms with Crippen molar-refractivity contribution in [3.63, 3.8) is 0 Å². The molecule has 0 aromatic heterocycles. The van der Waals surface area contributed by atoms with Gasteiger partial charge in [0, 0.05) is 13.0 Å². The maximum atomic E-state index is 11.2. The predicted molar refractivity (Wildman–Crippen MR) is 146 cm³/mol. The van der Waals surface area contributed by atoms with Crippen LogP contribution in [-0.4, -0.2) is 37.1 Å². The van der Waals surface area contributed by atoms with Gasteiger partial charge < -0.3 is 4.74 Å². The molecule has 3 aromatic rings. The number of hydrogen-bond donors (Lipinski definition) is 0. The Hall–Kier alpha value is -2.48. The molecule has 1 aliphatic rings. The van der Waals surface area contributed by atoms with Crippen LogP contribution in [0, 0.1) is 0 Å². The SMILES string of the molecule is CCCCC(=O)OCCN1CCCCC1.c1ccc(P(c2ccccc2)c2ccccc2)cc1. The van der Waals surface area contributed by atoms with Crippen molar-refractivity contribution in [1.82, 2.24) is 4.90 Å². The molecule has 1 aliphatic heterocycles. The highest BCUT2D eigenvalue weighted by Crippen LogP contribution is 2.32. The average molecular weight is 476 g/mol. The van der Waals surface area contributed by atoms with Gasteiger partial charge in [-0.05, 0) is 56.2 Å². The minimum absolute atomic E-state index is 0.0335. The summed E-state index contributed by atoms with van der Waals surface area (Å²) in [7, 11) is -0.446. The number of piperidine rings is 1. The second-order valence-corrected chi connectivity index (χ2v) is 10.8. The molecule has 0 spiro atoms. The van der Waals surface area contributed by atoms with Crippen LogP contribution in [0.25, 0.3) is 0 Å². The second-order valence-electron chi connectivity index (χ2n) is 8.57. The molecule has 0 N–H and O–H groups in total. The zero-order valence-electron chi connectivity index (χ0n) is 20.4. The molecular weight excluding hydrogens is 437 g/mol. The van der Waals surface area contributed by atoms with Crippen molar-refractivity contribution < 1.29 is 9.53 Å². The molecular formula is C30H38NO2P. The third-order valence-corrected chi connectivity index (χ3v) is 8.34. The zero-order valence-corrected chi connectivity index (χ0v) is 21.3. The number of likely N-dealkylation sites (tertiary alicyclic amines) is 1. The number of ether oxygens (including phenoxy) is 1. The highest BCUT2D eigenvalue weighted by atomic mass is 31.1. The maximum absolute atomic E-state index is 11.2. The van der Waals surface area contributed by atoms with Gasteiger partial charge in [-0.1, -0.05) is 111 Å². The molecule has 3 aromatic carbocycles.